The van der Waals surface area contributed by atoms with Crippen LogP contribution in [0.4, 0.5) is 10.5 Å². The summed E-state index contributed by atoms with van der Waals surface area (Å²) in [6.07, 6.45) is 1.58. The van der Waals surface area contributed by atoms with Crippen molar-refractivity contribution in [2.24, 2.45) is 5.41 Å². The number of halogens is 1. The van der Waals surface area contributed by atoms with E-state index in [4.69, 9.17) is 16.3 Å². The molecule has 180 valence electrons. The number of amides is 1. The molecule has 0 aliphatic heterocycles. The molecule has 1 saturated carbocycles. The summed E-state index contributed by atoms with van der Waals surface area (Å²) in [4.78, 5) is 24.7. The molecule has 1 fully saturated rings. The Bertz CT molecular complexity index is 1550. The molecule has 0 saturated heterocycles. The van der Waals surface area contributed by atoms with Crippen molar-refractivity contribution < 1.29 is 14.3 Å². The molecule has 3 aromatic carbocycles. The SMILES string of the molecule is Cc1nsc(-c2ccc3cc(C#CC4(C=O)CC4)ccc3c2)c1NC(=O)O[C@H](C)c1ccccc1Cl. The van der Waals surface area contributed by atoms with Crippen LogP contribution in [0.1, 0.15) is 42.7 Å². The molecule has 5 nitrogen and oxygen atoms in total. The Morgan fingerprint density at radius 3 is 2.67 bits per heavy atom. The molecule has 1 aliphatic rings. The fourth-order valence-corrected chi connectivity index (χ4v) is 5.07. The van der Waals surface area contributed by atoms with Crippen LogP contribution in [0.3, 0.4) is 0 Å². The number of nitrogens with one attached hydrogen (secondary N) is 1. The van der Waals surface area contributed by atoms with E-state index in [2.05, 4.69) is 27.6 Å². The lowest BCUT2D eigenvalue weighted by Crippen LogP contribution is -2.16. The van der Waals surface area contributed by atoms with Crippen molar-refractivity contribution in [2.45, 2.75) is 32.8 Å². The summed E-state index contributed by atoms with van der Waals surface area (Å²) < 4.78 is 10.0. The quantitative estimate of drug-likeness (QED) is 0.220. The second kappa shape index (κ2) is 9.77. The van der Waals surface area contributed by atoms with Crippen molar-refractivity contribution in [3.63, 3.8) is 0 Å². The van der Waals surface area contributed by atoms with Crippen molar-refractivity contribution >= 4 is 52.0 Å². The van der Waals surface area contributed by atoms with Crippen LogP contribution in [0.15, 0.2) is 60.7 Å². The van der Waals surface area contributed by atoms with Gasteiger partial charge in [0.15, 0.2) is 0 Å². The van der Waals surface area contributed by atoms with E-state index in [1.807, 2.05) is 55.5 Å². The highest BCUT2D eigenvalue weighted by Crippen LogP contribution is 2.42. The summed E-state index contributed by atoms with van der Waals surface area (Å²) in [7, 11) is 0. The number of aldehydes is 1. The summed E-state index contributed by atoms with van der Waals surface area (Å²) >= 11 is 7.56. The molecular weight excluding hydrogens is 492 g/mol. The second-order valence-corrected chi connectivity index (χ2v) is 10.1. The Morgan fingerprint density at radius 2 is 1.92 bits per heavy atom. The van der Waals surface area contributed by atoms with Gasteiger partial charge in [0.25, 0.3) is 0 Å². The van der Waals surface area contributed by atoms with E-state index < -0.39 is 17.6 Å². The van der Waals surface area contributed by atoms with Gasteiger partial charge in [0, 0.05) is 16.1 Å². The molecule has 1 aromatic heterocycles. The molecule has 7 heteroatoms. The topological polar surface area (TPSA) is 68.3 Å². The average molecular weight is 515 g/mol. The number of nitrogens with zero attached hydrogens (tertiary/aromatic N) is 1. The van der Waals surface area contributed by atoms with Gasteiger partial charge in [0.05, 0.1) is 21.7 Å². The minimum absolute atomic E-state index is 0.432. The van der Waals surface area contributed by atoms with E-state index in [1.165, 1.54) is 11.5 Å². The van der Waals surface area contributed by atoms with E-state index in [0.717, 1.165) is 51.5 Å². The van der Waals surface area contributed by atoms with Gasteiger partial charge in [-0.2, -0.15) is 4.37 Å². The maximum Gasteiger partial charge on any atom is 0.412 e. The number of hydrogen-bond acceptors (Lipinski definition) is 5. The van der Waals surface area contributed by atoms with Gasteiger partial charge >= 0.3 is 6.09 Å². The van der Waals surface area contributed by atoms with Crippen molar-refractivity contribution in [2.75, 3.05) is 5.32 Å². The third-order valence-electron chi connectivity index (χ3n) is 6.29. The van der Waals surface area contributed by atoms with Crippen LogP contribution in [0.2, 0.25) is 5.02 Å². The first-order valence-corrected chi connectivity index (χ1v) is 12.7. The highest BCUT2D eigenvalue weighted by atomic mass is 35.5. The highest BCUT2D eigenvalue weighted by Gasteiger charge is 2.40. The molecule has 1 atom stereocenters. The number of carbonyl (C=O) groups excluding carboxylic acids is 2. The summed E-state index contributed by atoms with van der Waals surface area (Å²) in [5, 5.41) is 5.51. The normalized spacial score (nSPS) is 14.4. The van der Waals surface area contributed by atoms with Crippen LogP contribution in [-0.4, -0.2) is 16.8 Å². The average Bonchev–Trinajstić information content (AvgIpc) is 3.58. The van der Waals surface area contributed by atoms with Crippen molar-refractivity contribution in [1.82, 2.24) is 4.37 Å². The number of anilines is 1. The molecule has 36 heavy (non-hydrogen) atoms. The van der Waals surface area contributed by atoms with E-state index in [-0.39, 0.29) is 0 Å². The standard InChI is InChI=1S/C29H23ClN2O3S/c1-18-26(31-28(34)35-19(2)24-5-3-4-6-25(24)30)27(36-32-18)23-10-9-21-15-20(7-8-22(21)16-23)11-12-29(17-33)13-14-29/h3-10,15-17,19H,13-14H2,1-2H3,(H,31,34)/t19-/m1/s1. The maximum absolute atomic E-state index is 12.7. The van der Waals surface area contributed by atoms with Gasteiger partial charge < -0.3 is 9.53 Å². The molecule has 0 bridgehead atoms. The lowest BCUT2D eigenvalue weighted by atomic mass is 10.0. The Hall–Kier alpha value is -3.66. The third-order valence-corrected chi connectivity index (χ3v) is 7.62. The number of rotatable bonds is 5. The first kappa shape index (κ1) is 24.1. The lowest BCUT2D eigenvalue weighted by Gasteiger charge is -2.16. The zero-order valence-electron chi connectivity index (χ0n) is 19.8. The molecular formula is C29H23ClN2O3S. The zero-order chi connectivity index (χ0) is 25.3. The van der Waals surface area contributed by atoms with Gasteiger partial charge in [-0.05, 0) is 78.8 Å². The van der Waals surface area contributed by atoms with Gasteiger partial charge in [-0.25, -0.2) is 4.79 Å². The predicted octanol–water partition coefficient (Wildman–Crippen LogP) is 7.57. The molecule has 1 amide bonds. The van der Waals surface area contributed by atoms with Gasteiger partial charge in [0.1, 0.15) is 12.4 Å². The van der Waals surface area contributed by atoms with Crippen LogP contribution in [-0.2, 0) is 9.53 Å². The fraction of sp³-hybridized carbons (Fsp3) is 0.207. The van der Waals surface area contributed by atoms with Crippen LogP contribution < -0.4 is 5.32 Å². The van der Waals surface area contributed by atoms with E-state index in [0.29, 0.717) is 16.4 Å². The van der Waals surface area contributed by atoms with Crippen molar-refractivity contribution in [3.05, 3.63) is 82.5 Å². The van der Waals surface area contributed by atoms with E-state index in [1.54, 1.807) is 13.0 Å². The Labute approximate surface area is 218 Å². The number of benzene rings is 3. The van der Waals surface area contributed by atoms with Gasteiger partial charge in [-0.1, -0.05) is 59.8 Å². The number of carbonyl (C=O) groups is 2. The molecule has 1 N–H and O–H groups in total. The molecule has 0 unspecified atom stereocenters. The number of aromatic nitrogens is 1. The van der Waals surface area contributed by atoms with Gasteiger partial charge in [0.2, 0.25) is 0 Å². The lowest BCUT2D eigenvalue weighted by molar-refractivity contribution is -0.110. The Kier molecular flexibility index (Phi) is 6.53. The number of ether oxygens (including phenoxy) is 1. The number of aryl methyl sites for hydroxylation is 1. The van der Waals surface area contributed by atoms with Gasteiger partial charge in [-0.15, -0.1) is 0 Å². The van der Waals surface area contributed by atoms with E-state index >= 15 is 0 Å². The highest BCUT2D eigenvalue weighted by molar-refractivity contribution is 7.10. The monoisotopic (exact) mass is 514 g/mol. The molecule has 1 heterocycles. The minimum Gasteiger partial charge on any atom is -0.441 e. The molecule has 0 spiro atoms. The smallest absolute Gasteiger partial charge is 0.412 e. The summed E-state index contributed by atoms with van der Waals surface area (Å²) in [6.45, 7) is 3.64. The van der Waals surface area contributed by atoms with Crippen LogP contribution in [0, 0.1) is 24.2 Å². The second-order valence-electron chi connectivity index (χ2n) is 8.97. The summed E-state index contributed by atoms with van der Waals surface area (Å²) in [5.41, 5.74) is 3.48. The zero-order valence-corrected chi connectivity index (χ0v) is 21.4. The first-order valence-electron chi connectivity index (χ1n) is 11.6. The molecule has 0 radical (unpaired) electrons. The molecule has 1 aliphatic carbocycles. The molecule has 4 aromatic rings. The largest absolute Gasteiger partial charge is 0.441 e. The Morgan fingerprint density at radius 1 is 1.17 bits per heavy atom. The van der Waals surface area contributed by atoms with Crippen molar-refractivity contribution in [3.8, 4) is 22.3 Å². The number of fused-ring (bicyclic) bond motifs is 1. The summed E-state index contributed by atoms with van der Waals surface area (Å²) in [5.74, 6) is 6.25. The van der Waals surface area contributed by atoms with E-state index in [9.17, 15) is 9.59 Å². The van der Waals surface area contributed by atoms with Crippen molar-refractivity contribution in [1.29, 1.82) is 0 Å². The third kappa shape index (κ3) is 4.99. The number of hydrogen-bond donors (Lipinski definition) is 1. The minimum atomic E-state index is -0.570. The van der Waals surface area contributed by atoms with Crippen LogP contribution in [0.25, 0.3) is 21.2 Å². The predicted molar refractivity (Wildman–Crippen MR) is 144 cm³/mol. The summed E-state index contributed by atoms with van der Waals surface area (Å²) in [6, 6.07) is 19.4. The molecule has 5 rings (SSSR count). The first-order chi connectivity index (χ1) is 17.4. The Balaban J connectivity index is 1.36. The van der Waals surface area contributed by atoms with Gasteiger partial charge in [-0.3, -0.25) is 5.32 Å². The van der Waals surface area contributed by atoms with Crippen LogP contribution in [0.5, 0.6) is 0 Å². The van der Waals surface area contributed by atoms with Crippen LogP contribution >= 0.6 is 23.1 Å². The fourth-order valence-electron chi connectivity index (χ4n) is 3.94. The maximum atomic E-state index is 12.7.